The Hall–Kier alpha value is -3.41. The zero-order valence-corrected chi connectivity index (χ0v) is 23.2. The van der Waals surface area contributed by atoms with Crippen LogP contribution in [-0.4, -0.2) is 97.6 Å². The predicted molar refractivity (Wildman–Crippen MR) is 156 cm³/mol. The number of morpholine rings is 1. The van der Waals surface area contributed by atoms with Crippen molar-refractivity contribution in [2.24, 2.45) is 0 Å². The van der Waals surface area contributed by atoms with Gasteiger partial charge < -0.3 is 30.1 Å². The van der Waals surface area contributed by atoms with Crippen LogP contribution in [0.4, 0.5) is 23.0 Å². The number of hydrogen-bond acceptors (Lipinski definition) is 10. The number of amides is 1. The summed E-state index contributed by atoms with van der Waals surface area (Å²) in [5.41, 5.74) is 3.40. The van der Waals surface area contributed by atoms with Crippen molar-refractivity contribution in [2.75, 3.05) is 86.9 Å². The Bertz CT molecular complexity index is 1200. The van der Waals surface area contributed by atoms with Crippen molar-refractivity contribution in [3.05, 3.63) is 60.4 Å². The van der Waals surface area contributed by atoms with Crippen LogP contribution in [0.15, 0.2) is 60.0 Å². The molecule has 0 atom stereocenters. The monoisotopic (exact) mass is 548 g/mol. The summed E-state index contributed by atoms with van der Waals surface area (Å²) in [7, 11) is 0. The molecule has 10 nitrogen and oxygen atoms in total. The van der Waals surface area contributed by atoms with E-state index in [1.807, 2.05) is 29.4 Å². The van der Waals surface area contributed by atoms with Gasteiger partial charge in [-0.15, -0.1) is 0 Å². The number of rotatable bonds is 10. The number of aromatic nitrogens is 3. The Balaban J connectivity index is 1.13. The lowest BCUT2D eigenvalue weighted by atomic mass is 10.2. The summed E-state index contributed by atoms with van der Waals surface area (Å²) in [6.07, 6.45) is 6.45. The van der Waals surface area contributed by atoms with Gasteiger partial charge in [-0.3, -0.25) is 9.78 Å². The number of pyridine rings is 1. The number of carbonyl (C=O) groups is 1. The molecule has 0 spiro atoms. The molecule has 2 aliphatic heterocycles. The van der Waals surface area contributed by atoms with Gasteiger partial charge in [0, 0.05) is 69.1 Å². The lowest BCUT2D eigenvalue weighted by Gasteiger charge is -2.35. The van der Waals surface area contributed by atoms with Gasteiger partial charge in [0.1, 0.15) is 11.6 Å². The molecule has 2 fully saturated rings. The summed E-state index contributed by atoms with van der Waals surface area (Å²) in [6.45, 7) is 7.32. The van der Waals surface area contributed by atoms with Crippen LogP contribution in [0.2, 0.25) is 0 Å². The Morgan fingerprint density at radius 3 is 2.41 bits per heavy atom. The van der Waals surface area contributed by atoms with Crippen LogP contribution < -0.4 is 20.4 Å². The molecule has 2 aliphatic rings. The first kappa shape index (κ1) is 27.2. The highest BCUT2D eigenvalue weighted by Crippen LogP contribution is 2.25. The molecule has 1 aromatic carbocycles. The molecule has 0 aliphatic carbocycles. The molecule has 0 saturated carbocycles. The third-order valence-electron chi connectivity index (χ3n) is 6.96. The van der Waals surface area contributed by atoms with Gasteiger partial charge in [-0.1, -0.05) is 11.8 Å². The zero-order valence-electron chi connectivity index (χ0n) is 22.4. The van der Waals surface area contributed by atoms with Crippen molar-refractivity contribution >= 4 is 40.7 Å². The normalized spacial score (nSPS) is 15.9. The molecule has 0 bridgehead atoms. The minimum atomic E-state index is 0.139. The van der Waals surface area contributed by atoms with E-state index < -0.39 is 0 Å². The molecular formula is C28H36N8O2S. The second-order valence-corrected chi connectivity index (χ2v) is 10.3. The number of carbonyl (C=O) groups excluding carboxylic acids is 1. The molecule has 5 rings (SSSR count). The number of benzene rings is 1. The van der Waals surface area contributed by atoms with Crippen molar-refractivity contribution in [3.8, 4) is 0 Å². The first-order valence-electron chi connectivity index (χ1n) is 13.4. The van der Waals surface area contributed by atoms with Crippen LogP contribution in [0, 0.1) is 0 Å². The topological polar surface area (TPSA) is 98.8 Å². The van der Waals surface area contributed by atoms with Crippen molar-refractivity contribution in [1.82, 2.24) is 25.2 Å². The van der Waals surface area contributed by atoms with Crippen LogP contribution in [0.5, 0.6) is 0 Å². The van der Waals surface area contributed by atoms with Crippen LogP contribution in [0.3, 0.4) is 0 Å². The number of ether oxygens (including phenoxy) is 1. The van der Waals surface area contributed by atoms with Gasteiger partial charge >= 0.3 is 0 Å². The summed E-state index contributed by atoms with van der Waals surface area (Å²) >= 11 is 1.52. The van der Waals surface area contributed by atoms with Gasteiger partial charge in [0.05, 0.1) is 19.8 Å². The quantitative estimate of drug-likeness (QED) is 0.224. The van der Waals surface area contributed by atoms with Crippen molar-refractivity contribution in [3.63, 3.8) is 0 Å². The van der Waals surface area contributed by atoms with Gasteiger partial charge in [0.25, 0.3) is 0 Å². The third kappa shape index (κ3) is 7.59. The maximum Gasteiger partial charge on any atom is 0.236 e. The SMILES string of the molecule is CSc1nc(Nc2ccc(N3CCOCC3)cc2)cc(N2CCN(C(=O)CNCCc3ccncc3)CC2)n1. The Morgan fingerprint density at radius 2 is 1.69 bits per heavy atom. The average Bonchev–Trinajstić information content (AvgIpc) is 3.00. The molecule has 2 aromatic heterocycles. The molecule has 0 unspecified atom stereocenters. The van der Waals surface area contributed by atoms with E-state index in [9.17, 15) is 4.79 Å². The summed E-state index contributed by atoms with van der Waals surface area (Å²) in [5.74, 6) is 1.78. The fraction of sp³-hybridized carbons (Fsp3) is 0.429. The zero-order chi connectivity index (χ0) is 26.9. The van der Waals surface area contributed by atoms with E-state index in [0.29, 0.717) is 19.6 Å². The summed E-state index contributed by atoms with van der Waals surface area (Å²) < 4.78 is 5.46. The van der Waals surface area contributed by atoms with Crippen LogP contribution in [-0.2, 0) is 16.0 Å². The van der Waals surface area contributed by atoms with Crippen molar-refractivity contribution < 1.29 is 9.53 Å². The van der Waals surface area contributed by atoms with E-state index in [1.165, 1.54) is 23.0 Å². The molecule has 3 aromatic rings. The highest BCUT2D eigenvalue weighted by Gasteiger charge is 2.22. The first-order chi connectivity index (χ1) is 19.2. The highest BCUT2D eigenvalue weighted by atomic mass is 32.2. The predicted octanol–water partition coefficient (Wildman–Crippen LogP) is 2.65. The van der Waals surface area contributed by atoms with Gasteiger partial charge in [-0.05, 0) is 61.2 Å². The number of thioether (sulfide) groups is 1. The molecule has 2 saturated heterocycles. The second kappa shape index (κ2) is 13.6. The largest absolute Gasteiger partial charge is 0.378 e. The van der Waals surface area contributed by atoms with Crippen molar-refractivity contribution in [2.45, 2.75) is 11.6 Å². The lowest BCUT2D eigenvalue weighted by Crippen LogP contribution is -2.51. The van der Waals surface area contributed by atoms with E-state index in [-0.39, 0.29) is 5.91 Å². The first-order valence-corrected chi connectivity index (χ1v) is 14.7. The maximum atomic E-state index is 12.7. The maximum absolute atomic E-state index is 12.7. The second-order valence-electron chi connectivity index (χ2n) is 9.52. The van der Waals surface area contributed by atoms with E-state index in [1.54, 1.807) is 12.4 Å². The van der Waals surface area contributed by atoms with E-state index in [0.717, 1.165) is 74.8 Å². The van der Waals surface area contributed by atoms with E-state index >= 15 is 0 Å². The molecular weight excluding hydrogens is 512 g/mol. The number of hydrogen-bond donors (Lipinski definition) is 2. The Labute approximate surface area is 234 Å². The summed E-state index contributed by atoms with van der Waals surface area (Å²) in [6, 6.07) is 14.4. The van der Waals surface area contributed by atoms with Gasteiger partial charge in [-0.25, -0.2) is 9.97 Å². The average molecular weight is 549 g/mol. The molecule has 206 valence electrons. The van der Waals surface area contributed by atoms with E-state index in [2.05, 4.69) is 54.7 Å². The molecule has 2 N–H and O–H groups in total. The number of piperazine rings is 1. The Kier molecular flexibility index (Phi) is 9.47. The van der Waals surface area contributed by atoms with Crippen LogP contribution in [0.25, 0.3) is 0 Å². The molecule has 4 heterocycles. The molecule has 11 heteroatoms. The summed E-state index contributed by atoms with van der Waals surface area (Å²) in [5, 5.41) is 7.44. The molecule has 1 amide bonds. The van der Waals surface area contributed by atoms with E-state index in [4.69, 9.17) is 9.72 Å². The smallest absolute Gasteiger partial charge is 0.236 e. The van der Waals surface area contributed by atoms with Gasteiger partial charge in [-0.2, -0.15) is 0 Å². The minimum absolute atomic E-state index is 0.139. The summed E-state index contributed by atoms with van der Waals surface area (Å²) in [4.78, 5) is 32.7. The van der Waals surface area contributed by atoms with Crippen LogP contribution >= 0.6 is 11.8 Å². The number of anilines is 4. The van der Waals surface area contributed by atoms with Gasteiger partial charge in [0.2, 0.25) is 5.91 Å². The standard InChI is InChI=1S/C28H36N8O2S/c1-39-28-32-25(31-23-2-4-24(5-3-23)34-16-18-38-19-17-34)20-26(33-28)35-12-14-36(15-13-35)27(37)21-30-11-8-22-6-9-29-10-7-22/h2-7,9-10,20,30H,8,11-19,21H2,1H3,(H,31,32,33). The number of nitrogens with one attached hydrogen (secondary N) is 2. The van der Waals surface area contributed by atoms with Crippen molar-refractivity contribution in [1.29, 1.82) is 0 Å². The van der Waals surface area contributed by atoms with Crippen LogP contribution in [0.1, 0.15) is 5.56 Å². The minimum Gasteiger partial charge on any atom is -0.378 e. The lowest BCUT2D eigenvalue weighted by molar-refractivity contribution is -0.130. The fourth-order valence-electron chi connectivity index (χ4n) is 4.73. The highest BCUT2D eigenvalue weighted by molar-refractivity contribution is 7.98. The fourth-order valence-corrected chi connectivity index (χ4v) is 5.10. The van der Waals surface area contributed by atoms with Gasteiger partial charge in [0.15, 0.2) is 5.16 Å². The third-order valence-corrected chi connectivity index (χ3v) is 7.51. The number of nitrogens with zero attached hydrogens (tertiary/aromatic N) is 6. The molecule has 39 heavy (non-hydrogen) atoms. The Morgan fingerprint density at radius 1 is 0.949 bits per heavy atom. The molecule has 0 radical (unpaired) electrons.